The maximum atomic E-state index is 13.6. The quantitative estimate of drug-likeness (QED) is 0.182. The summed E-state index contributed by atoms with van der Waals surface area (Å²) in [6.07, 6.45) is -7.39. The molecule has 16 heteroatoms. The molecule has 1 aliphatic heterocycles. The number of alkyl halides is 6. The summed E-state index contributed by atoms with van der Waals surface area (Å²) in [7, 11) is -2.22. The van der Waals surface area contributed by atoms with Crippen LogP contribution in [0.15, 0.2) is 47.4 Å². The largest absolute Gasteiger partial charge is 0.482 e. The van der Waals surface area contributed by atoms with Crippen molar-refractivity contribution >= 4 is 32.1 Å². The minimum absolute atomic E-state index is 0.0255. The number of piperidine rings is 1. The second-order valence-electron chi connectivity index (χ2n) is 11.3. The van der Waals surface area contributed by atoms with E-state index in [1.807, 2.05) is 0 Å². The molecule has 0 saturated carbocycles. The maximum Gasteiger partial charge on any atom is 0.422 e. The van der Waals surface area contributed by atoms with Gasteiger partial charge in [-0.05, 0) is 49.1 Å². The van der Waals surface area contributed by atoms with Crippen LogP contribution in [0.5, 0.6) is 5.75 Å². The van der Waals surface area contributed by atoms with Crippen molar-refractivity contribution < 1.29 is 49.3 Å². The molecule has 1 aliphatic rings. The molecule has 0 amide bonds. The van der Waals surface area contributed by atoms with Crippen LogP contribution in [-0.4, -0.2) is 100 Å². The molecule has 2 aromatic carbocycles. The minimum Gasteiger partial charge on any atom is -0.482 e. The zero-order valence-electron chi connectivity index (χ0n) is 25.7. The van der Waals surface area contributed by atoms with E-state index in [4.69, 9.17) is 9.47 Å². The van der Waals surface area contributed by atoms with Crippen LogP contribution in [-0.2, 0) is 21.1 Å². The van der Waals surface area contributed by atoms with Gasteiger partial charge in [-0.2, -0.15) is 26.3 Å². The van der Waals surface area contributed by atoms with Gasteiger partial charge in [0.1, 0.15) is 12.3 Å². The molecular formula is C31H36F6N4O5S. The Morgan fingerprint density at radius 1 is 1.04 bits per heavy atom. The first-order valence-corrected chi connectivity index (χ1v) is 16.5. The van der Waals surface area contributed by atoms with Gasteiger partial charge in [-0.25, -0.2) is 8.42 Å². The molecule has 1 atom stereocenters. The Bertz CT molecular complexity index is 1690. The first-order chi connectivity index (χ1) is 22.0. The first-order valence-electron chi connectivity index (χ1n) is 14.6. The van der Waals surface area contributed by atoms with Gasteiger partial charge in [0, 0.05) is 56.2 Å². The number of ether oxygens (including phenoxy) is 2. The molecule has 1 saturated heterocycles. The van der Waals surface area contributed by atoms with Crippen molar-refractivity contribution in [2.45, 2.75) is 48.8 Å². The van der Waals surface area contributed by atoms with Gasteiger partial charge in [-0.1, -0.05) is 12.0 Å². The number of aliphatic hydroxyl groups excluding tert-OH is 1. The molecule has 2 heterocycles. The summed E-state index contributed by atoms with van der Waals surface area (Å²) in [5.74, 6) is 5.08. The number of halogens is 6. The van der Waals surface area contributed by atoms with Crippen molar-refractivity contribution in [1.82, 2.24) is 9.47 Å². The fourth-order valence-corrected chi connectivity index (χ4v) is 5.96. The summed E-state index contributed by atoms with van der Waals surface area (Å²) >= 11 is 0. The highest BCUT2D eigenvalue weighted by atomic mass is 32.2. The highest BCUT2D eigenvalue weighted by Gasteiger charge is 2.31. The fraction of sp³-hybridized carbons (Fsp3) is 0.484. The van der Waals surface area contributed by atoms with Gasteiger partial charge in [-0.15, -0.1) is 0 Å². The van der Waals surface area contributed by atoms with Crippen molar-refractivity contribution in [2.75, 3.05) is 63.4 Å². The van der Waals surface area contributed by atoms with Crippen LogP contribution in [0.4, 0.5) is 37.7 Å². The van der Waals surface area contributed by atoms with E-state index < -0.39 is 41.4 Å². The number of nitrogens with one attached hydrogen (secondary N) is 2. The second-order valence-corrected chi connectivity index (χ2v) is 13.3. The molecule has 0 radical (unpaired) electrons. The van der Waals surface area contributed by atoms with E-state index in [2.05, 4.69) is 27.4 Å². The lowest BCUT2D eigenvalue weighted by Gasteiger charge is -2.34. The van der Waals surface area contributed by atoms with Gasteiger partial charge in [0.25, 0.3) is 0 Å². The summed E-state index contributed by atoms with van der Waals surface area (Å²) in [4.78, 5) is 1.88. The average molecular weight is 691 g/mol. The molecule has 0 bridgehead atoms. The van der Waals surface area contributed by atoms with Crippen molar-refractivity contribution in [3.05, 3.63) is 48.2 Å². The van der Waals surface area contributed by atoms with Crippen LogP contribution in [0.25, 0.3) is 10.9 Å². The van der Waals surface area contributed by atoms with Gasteiger partial charge >= 0.3 is 12.4 Å². The molecular weight excluding hydrogens is 654 g/mol. The molecule has 1 aromatic heterocycles. The molecule has 4 rings (SSSR count). The Morgan fingerprint density at radius 2 is 1.77 bits per heavy atom. The smallest absolute Gasteiger partial charge is 0.422 e. The van der Waals surface area contributed by atoms with Crippen LogP contribution < -0.4 is 15.4 Å². The predicted octanol–water partition coefficient (Wildman–Crippen LogP) is 4.90. The predicted molar refractivity (Wildman–Crippen MR) is 165 cm³/mol. The van der Waals surface area contributed by atoms with Gasteiger partial charge in [0.2, 0.25) is 0 Å². The van der Waals surface area contributed by atoms with Gasteiger partial charge in [-0.3, -0.25) is 0 Å². The molecule has 9 nitrogen and oxygen atoms in total. The number of rotatable bonds is 12. The third kappa shape index (κ3) is 10.7. The SMILES string of the molecule is COCC(O)CN1CCC(Nc2cccc3c2cc(C#CCNc2ccc(S(C)(=O)=O)cc2OCC(F)(F)F)n3CC(F)(F)F)CC1. The highest BCUT2D eigenvalue weighted by molar-refractivity contribution is 7.90. The summed E-state index contributed by atoms with van der Waals surface area (Å²) in [5, 5.41) is 16.8. The number of sulfone groups is 1. The Hall–Kier alpha value is -3.65. The standard InChI is InChI=1S/C31H36F6N4O5S/c1-45-18-23(42)17-40-13-10-21(11-14-40)39-26-6-3-7-28-25(26)15-22(41(28)19-30(32,33)34)5-4-12-38-27-9-8-24(47(2,43)44)16-29(27)46-20-31(35,36)37/h3,6-9,15-16,21,23,38-39,42H,10-14,17-20H2,1-2H3. The molecule has 0 aliphatic carbocycles. The summed E-state index contributed by atoms with van der Waals surface area (Å²) in [6, 6.07) is 10.0. The minimum atomic E-state index is -4.68. The van der Waals surface area contributed by atoms with Crippen LogP contribution in [0, 0.1) is 11.8 Å². The summed E-state index contributed by atoms with van der Waals surface area (Å²) in [5.41, 5.74) is 1.08. The van der Waals surface area contributed by atoms with E-state index in [1.165, 1.54) is 19.2 Å². The number of hydrogen-bond acceptors (Lipinski definition) is 8. The van der Waals surface area contributed by atoms with E-state index in [-0.39, 0.29) is 41.2 Å². The summed E-state index contributed by atoms with van der Waals surface area (Å²) in [6.45, 7) is -0.961. The number of β-amino-alcohol motifs (C(OH)–C–C–N with tert-alkyl or cyclic N) is 1. The zero-order valence-corrected chi connectivity index (χ0v) is 26.5. The maximum absolute atomic E-state index is 13.6. The van der Waals surface area contributed by atoms with E-state index in [1.54, 1.807) is 24.3 Å². The lowest BCUT2D eigenvalue weighted by Crippen LogP contribution is -2.43. The Labute approximate surface area is 268 Å². The Kier molecular flexibility index (Phi) is 11.6. The number of likely N-dealkylation sites (tertiary alicyclic amines) is 1. The number of aliphatic hydroxyl groups is 1. The number of hydrogen-bond donors (Lipinski definition) is 3. The number of fused-ring (bicyclic) bond motifs is 1. The topological polar surface area (TPSA) is 105 Å². The lowest BCUT2D eigenvalue weighted by molar-refractivity contribution is -0.153. The molecule has 258 valence electrons. The van der Waals surface area contributed by atoms with Crippen LogP contribution in [0.1, 0.15) is 18.5 Å². The molecule has 47 heavy (non-hydrogen) atoms. The number of nitrogens with zero attached hydrogens (tertiary/aromatic N) is 2. The van der Waals surface area contributed by atoms with Gasteiger partial charge in [0.15, 0.2) is 16.4 Å². The molecule has 1 fully saturated rings. The van der Waals surface area contributed by atoms with Crippen molar-refractivity contribution in [2.24, 2.45) is 0 Å². The number of benzene rings is 2. The molecule has 3 aromatic rings. The van der Waals surface area contributed by atoms with Gasteiger partial charge < -0.3 is 34.7 Å². The van der Waals surface area contributed by atoms with E-state index in [9.17, 15) is 39.9 Å². The van der Waals surface area contributed by atoms with Crippen molar-refractivity contribution in [3.63, 3.8) is 0 Å². The number of methoxy groups -OCH3 is 1. The van der Waals surface area contributed by atoms with E-state index in [0.29, 0.717) is 23.1 Å². The monoisotopic (exact) mass is 690 g/mol. The number of aromatic nitrogens is 1. The first kappa shape index (κ1) is 36.2. The molecule has 1 unspecified atom stereocenters. The van der Waals surface area contributed by atoms with Gasteiger partial charge in [0.05, 0.1) is 41.0 Å². The molecule has 0 spiro atoms. The third-order valence-electron chi connectivity index (χ3n) is 7.41. The Morgan fingerprint density at radius 3 is 2.40 bits per heavy atom. The Balaban J connectivity index is 1.53. The highest BCUT2D eigenvalue weighted by Crippen LogP contribution is 2.32. The summed E-state index contributed by atoms with van der Waals surface area (Å²) < 4.78 is 114. The van der Waals surface area contributed by atoms with E-state index >= 15 is 0 Å². The average Bonchev–Trinajstić information content (AvgIpc) is 3.31. The van der Waals surface area contributed by atoms with Crippen molar-refractivity contribution in [1.29, 1.82) is 0 Å². The second kappa shape index (κ2) is 15.1. The normalized spacial score (nSPS) is 15.7. The zero-order chi connectivity index (χ0) is 34.4. The fourth-order valence-electron chi connectivity index (χ4n) is 5.32. The molecule has 3 N–H and O–H groups in total. The van der Waals surface area contributed by atoms with Crippen LogP contribution in [0.3, 0.4) is 0 Å². The van der Waals surface area contributed by atoms with Crippen LogP contribution in [0.2, 0.25) is 0 Å². The van der Waals surface area contributed by atoms with E-state index in [0.717, 1.165) is 42.8 Å². The van der Waals surface area contributed by atoms with Crippen molar-refractivity contribution in [3.8, 4) is 17.6 Å². The van der Waals surface area contributed by atoms with Crippen LogP contribution >= 0.6 is 0 Å². The third-order valence-corrected chi connectivity index (χ3v) is 8.52. The lowest BCUT2D eigenvalue weighted by atomic mass is 10.0. The number of anilines is 2.